The average Bonchev–Trinajstić information content (AvgIpc) is 1.82. The van der Waals surface area contributed by atoms with Crippen molar-refractivity contribution in [3.05, 3.63) is 0 Å². The lowest BCUT2D eigenvalue weighted by atomic mass is 10.2. The molecule has 0 aromatic carbocycles. The molecule has 1 fully saturated rings. The third-order valence-corrected chi connectivity index (χ3v) is 1.81. The molecular formula is C7H13NO3. The predicted molar refractivity (Wildman–Crippen MR) is 39.1 cm³/mol. The normalized spacial score (nSPS) is 17.6. The summed E-state index contributed by atoms with van der Waals surface area (Å²) in [4.78, 5) is 12.6. The maximum Gasteiger partial charge on any atom is 0.219 e. The molecule has 0 aromatic rings. The summed E-state index contributed by atoms with van der Waals surface area (Å²) in [5.41, 5.74) is 0. The highest BCUT2D eigenvalue weighted by Gasteiger charge is 2.26. The first-order chi connectivity index (χ1) is 5.25. The van der Waals surface area contributed by atoms with E-state index in [0.29, 0.717) is 19.8 Å². The molecule has 0 unspecified atom stereocenters. The minimum Gasteiger partial charge on any atom is -0.395 e. The number of amides is 1. The van der Waals surface area contributed by atoms with Gasteiger partial charge in [0.25, 0.3) is 0 Å². The van der Waals surface area contributed by atoms with Crippen LogP contribution in [0.2, 0.25) is 0 Å². The highest BCUT2D eigenvalue weighted by molar-refractivity contribution is 5.73. The molecule has 1 heterocycles. The topological polar surface area (TPSA) is 49.8 Å². The molecule has 0 aliphatic carbocycles. The van der Waals surface area contributed by atoms with E-state index in [1.54, 1.807) is 4.90 Å². The van der Waals surface area contributed by atoms with Crippen molar-refractivity contribution < 1.29 is 14.6 Å². The van der Waals surface area contributed by atoms with Gasteiger partial charge in [0.2, 0.25) is 5.91 Å². The SMILES string of the molecule is CC(=O)N(CCO)C1COC1. The van der Waals surface area contributed by atoms with E-state index in [1.165, 1.54) is 6.92 Å². The number of carbonyl (C=O) groups is 1. The van der Waals surface area contributed by atoms with Crippen LogP contribution in [-0.4, -0.2) is 48.3 Å². The smallest absolute Gasteiger partial charge is 0.219 e. The van der Waals surface area contributed by atoms with Crippen LogP contribution in [0.15, 0.2) is 0 Å². The maximum absolute atomic E-state index is 10.9. The molecule has 4 heteroatoms. The molecular weight excluding hydrogens is 146 g/mol. The Morgan fingerprint density at radius 1 is 1.73 bits per heavy atom. The molecule has 1 aliphatic heterocycles. The minimum atomic E-state index is 0.00681. The van der Waals surface area contributed by atoms with Crippen LogP contribution < -0.4 is 0 Å². The van der Waals surface area contributed by atoms with Crippen molar-refractivity contribution >= 4 is 5.91 Å². The highest BCUT2D eigenvalue weighted by atomic mass is 16.5. The monoisotopic (exact) mass is 159 g/mol. The molecule has 0 spiro atoms. The summed E-state index contributed by atoms with van der Waals surface area (Å²) >= 11 is 0. The number of carbonyl (C=O) groups excluding carboxylic acids is 1. The van der Waals surface area contributed by atoms with Gasteiger partial charge in [-0.2, -0.15) is 0 Å². The Labute approximate surface area is 65.8 Å². The number of aliphatic hydroxyl groups excluding tert-OH is 1. The number of hydrogen-bond acceptors (Lipinski definition) is 3. The van der Waals surface area contributed by atoms with Crippen molar-refractivity contribution in [2.24, 2.45) is 0 Å². The van der Waals surface area contributed by atoms with E-state index in [9.17, 15) is 4.79 Å². The lowest BCUT2D eigenvalue weighted by molar-refractivity contribution is -0.142. The molecule has 0 bridgehead atoms. The molecule has 1 N–H and O–H groups in total. The Hall–Kier alpha value is -0.610. The van der Waals surface area contributed by atoms with Gasteiger partial charge in [-0.15, -0.1) is 0 Å². The molecule has 1 rings (SSSR count). The van der Waals surface area contributed by atoms with Crippen LogP contribution in [0.25, 0.3) is 0 Å². The van der Waals surface area contributed by atoms with E-state index < -0.39 is 0 Å². The second kappa shape index (κ2) is 3.69. The number of nitrogens with zero attached hydrogens (tertiary/aromatic N) is 1. The first-order valence-electron chi connectivity index (χ1n) is 3.71. The Morgan fingerprint density at radius 3 is 2.64 bits per heavy atom. The molecule has 0 aromatic heterocycles. The number of ether oxygens (including phenoxy) is 1. The summed E-state index contributed by atoms with van der Waals surface area (Å²) in [5, 5.41) is 8.62. The fourth-order valence-corrected chi connectivity index (χ4v) is 1.11. The van der Waals surface area contributed by atoms with E-state index in [4.69, 9.17) is 9.84 Å². The van der Waals surface area contributed by atoms with E-state index in [0.717, 1.165) is 0 Å². The van der Waals surface area contributed by atoms with Gasteiger partial charge in [0.05, 0.1) is 25.9 Å². The fourth-order valence-electron chi connectivity index (χ4n) is 1.11. The van der Waals surface area contributed by atoms with Gasteiger partial charge in [-0.05, 0) is 0 Å². The second-order valence-electron chi connectivity index (χ2n) is 2.63. The molecule has 1 saturated heterocycles. The summed E-state index contributed by atoms with van der Waals surface area (Å²) in [6.07, 6.45) is 0. The van der Waals surface area contributed by atoms with E-state index >= 15 is 0 Å². The Bertz CT molecular complexity index is 145. The van der Waals surface area contributed by atoms with Gasteiger partial charge in [0.1, 0.15) is 0 Å². The van der Waals surface area contributed by atoms with Crippen LogP contribution in [0.1, 0.15) is 6.92 Å². The number of hydrogen-bond donors (Lipinski definition) is 1. The predicted octanol–water partition coefficient (Wildman–Crippen LogP) is -0.774. The molecule has 0 saturated carbocycles. The van der Waals surface area contributed by atoms with Gasteiger partial charge < -0.3 is 14.7 Å². The van der Waals surface area contributed by atoms with Gasteiger partial charge in [0, 0.05) is 13.5 Å². The number of aliphatic hydroxyl groups is 1. The Balaban J connectivity index is 2.37. The van der Waals surface area contributed by atoms with Crippen molar-refractivity contribution in [3.8, 4) is 0 Å². The van der Waals surface area contributed by atoms with Crippen LogP contribution in [-0.2, 0) is 9.53 Å². The average molecular weight is 159 g/mol. The van der Waals surface area contributed by atoms with Crippen molar-refractivity contribution in [1.29, 1.82) is 0 Å². The molecule has 0 atom stereocenters. The Kier molecular flexibility index (Phi) is 2.84. The van der Waals surface area contributed by atoms with Crippen LogP contribution in [0, 0.1) is 0 Å². The maximum atomic E-state index is 10.9. The Morgan fingerprint density at radius 2 is 2.36 bits per heavy atom. The lowest BCUT2D eigenvalue weighted by Crippen LogP contribution is -2.51. The fraction of sp³-hybridized carbons (Fsp3) is 0.857. The van der Waals surface area contributed by atoms with E-state index in [1.807, 2.05) is 0 Å². The highest BCUT2D eigenvalue weighted by Crippen LogP contribution is 2.09. The minimum absolute atomic E-state index is 0.00681. The summed E-state index contributed by atoms with van der Waals surface area (Å²) in [6, 6.07) is 0.194. The molecule has 1 aliphatic rings. The first kappa shape index (κ1) is 8.49. The molecule has 64 valence electrons. The van der Waals surface area contributed by atoms with Gasteiger partial charge in [-0.1, -0.05) is 0 Å². The quantitative estimate of drug-likeness (QED) is 0.588. The zero-order chi connectivity index (χ0) is 8.27. The van der Waals surface area contributed by atoms with E-state index in [2.05, 4.69) is 0 Å². The zero-order valence-corrected chi connectivity index (χ0v) is 6.62. The molecule has 11 heavy (non-hydrogen) atoms. The van der Waals surface area contributed by atoms with Gasteiger partial charge >= 0.3 is 0 Å². The summed E-state index contributed by atoms with van der Waals surface area (Å²) < 4.78 is 4.94. The van der Waals surface area contributed by atoms with Crippen molar-refractivity contribution in [2.75, 3.05) is 26.4 Å². The van der Waals surface area contributed by atoms with Crippen molar-refractivity contribution in [1.82, 2.24) is 4.90 Å². The van der Waals surface area contributed by atoms with Crippen LogP contribution in [0.4, 0.5) is 0 Å². The van der Waals surface area contributed by atoms with Gasteiger partial charge in [-0.3, -0.25) is 4.79 Å². The summed E-state index contributed by atoms with van der Waals surface area (Å²) in [5.74, 6) is 0.00681. The molecule has 4 nitrogen and oxygen atoms in total. The van der Waals surface area contributed by atoms with Crippen molar-refractivity contribution in [2.45, 2.75) is 13.0 Å². The first-order valence-corrected chi connectivity index (χ1v) is 3.71. The largest absolute Gasteiger partial charge is 0.395 e. The van der Waals surface area contributed by atoms with Crippen LogP contribution >= 0.6 is 0 Å². The summed E-state index contributed by atoms with van der Waals surface area (Å²) in [7, 11) is 0. The van der Waals surface area contributed by atoms with E-state index in [-0.39, 0.29) is 18.6 Å². The summed E-state index contributed by atoms with van der Waals surface area (Å²) in [6.45, 7) is 3.17. The van der Waals surface area contributed by atoms with Gasteiger partial charge in [-0.25, -0.2) is 0 Å². The molecule has 1 amide bonds. The second-order valence-corrected chi connectivity index (χ2v) is 2.63. The van der Waals surface area contributed by atoms with Crippen LogP contribution in [0.3, 0.4) is 0 Å². The zero-order valence-electron chi connectivity index (χ0n) is 6.62. The lowest BCUT2D eigenvalue weighted by Gasteiger charge is -2.36. The third-order valence-electron chi connectivity index (χ3n) is 1.81. The van der Waals surface area contributed by atoms with Crippen molar-refractivity contribution in [3.63, 3.8) is 0 Å². The number of rotatable bonds is 3. The van der Waals surface area contributed by atoms with Crippen LogP contribution in [0.5, 0.6) is 0 Å². The third kappa shape index (κ3) is 1.91. The van der Waals surface area contributed by atoms with Gasteiger partial charge in [0.15, 0.2) is 0 Å². The molecule has 0 radical (unpaired) electrons. The standard InChI is InChI=1S/C7H13NO3/c1-6(10)8(2-3-9)7-4-11-5-7/h7,9H,2-5H2,1H3.